The number of amides is 1. The summed E-state index contributed by atoms with van der Waals surface area (Å²) in [6, 6.07) is 40.5. The monoisotopic (exact) mass is 506 g/mol. The highest BCUT2D eigenvalue weighted by atomic mass is 28.3. The Kier molecular flexibility index (Phi) is 8.80. The van der Waals surface area contributed by atoms with E-state index < -0.39 is 20.2 Å². The summed E-state index contributed by atoms with van der Waals surface area (Å²) in [7, 11) is -2.40. The van der Waals surface area contributed by atoms with E-state index in [4.69, 9.17) is 11.1 Å². The summed E-state index contributed by atoms with van der Waals surface area (Å²) in [5.41, 5.74) is 9.50. The molecule has 0 aliphatic carbocycles. The Labute approximate surface area is 221 Å². The zero-order valence-electron chi connectivity index (χ0n) is 21.0. The van der Waals surface area contributed by atoms with Crippen LogP contribution >= 0.6 is 0 Å². The smallest absolute Gasteiger partial charge is 0.393 e. The van der Waals surface area contributed by atoms with Crippen molar-refractivity contribution in [2.75, 3.05) is 0 Å². The Bertz CT molecular complexity index is 1180. The fourth-order valence-corrected chi connectivity index (χ4v) is 6.41. The first kappa shape index (κ1) is 26.2. The minimum atomic E-state index is -2.40. The van der Waals surface area contributed by atoms with Crippen LogP contribution < -0.4 is 11.1 Å². The lowest BCUT2D eigenvalue weighted by atomic mass is 9.65. The van der Waals surface area contributed by atoms with E-state index in [1.807, 2.05) is 97.1 Å². The van der Waals surface area contributed by atoms with Crippen LogP contribution in [0.4, 0.5) is 0 Å². The van der Waals surface area contributed by atoms with Gasteiger partial charge in [-0.25, -0.2) is 0 Å². The van der Waals surface area contributed by atoms with Crippen molar-refractivity contribution in [3.05, 3.63) is 144 Å². The number of hydrogen-bond donors (Lipinski definition) is 2. The molecule has 0 saturated heterocycles. The molecule has 0 fully saturated rings. The van der Waals surface area contributed by atoms with Gasteiger partial charge in [-0.2, -0.15) is 0 Å². The molecule has 0 heterocycles. The SMILES string of the molecule is NC(=O)[C@@H](Cc1ccccc1)CC(C[C@H](Cc1ccccc1)[Si](N)=O)(c1ccccc1)c1ccccc1. The molecule has 0 bridgehead atoms. The molecule has 0 aliphatic heterocycles. The third-order valence-electron chi connectivity index (χ3n) is 7.30. The van der Waals surface area contributed by atoms with Crippen molar-refractivity contribution in [1.82, 2.24) is 0 Å². The van der Waals surface area contributed by atoms with Crippen LogP contribution in [0.15, 0.2) is 121 Å². The van der Waals surface area contributed by atoms with Gasteiger partial charge in [0.2, 0.25) is 5.91 Å². The highest BCUT2D eigenvalue weighted by Crippen LogP contribution is 2.46. The lowest BCUT2D eigenvalue weighted by molar-refractivity contribution is -0.122. The summed E-state index contributed by atoms with van der Waals surface area (Å²) in [6.45, 7) is 0. The van der Waals surface area contributed by atoms with E-state index in [-0.39, 0.29) is 11.4 Å². The molecule has 4 N–H and O–H groups in total. The molecule has 4 rings (SSSR count). The number of hydrogen-bond acceptors (Lipinski definition) is 2. The number of carbonyl (C=O) groups excluding carboxylic acids is 1. The standard InChI is InChI=1S/C32H34N2O2Si/c33-31(35)27(21-25-13-5-1-6-14-25)23-32(28-17-9-3-10-18-28,29-19-11-4-12-20-29)24-30(37(34)36)22-26-15-7-2-8-16-26/h1-20,27,30H,21-24,34H2,(H2,33,35)/t27-,30-/m0/s1. The largest absolute Gasteiger partial charge is 0.403 e. The molecule has 0 radical (unpaired) electrons. The molecule has 37 heavy (non-hydrogen) atoms. The van der Waals surface area contributed by atoms with Gasteiger partial charge in [0.1, 0.15) is 0 Å². The molecule has 0 aromatic heterocycles. The van der Waals surface area contributed by atoms with Crippen LogP contribution in [0.1, 0.15) is 35.1 Å². The molecule has 4 aromatic carbocycles. The van der Waals surface area contributed by atoms with E-state index in [0.717, 1.165) is 22.3 Å². The van der Waals surface area contributed by atoms with Gasteiger partial charge < -0.3 is 15.6 Å². The van der Waals surface area contributed by atoms with Crippen molar-refractivity contribution in [1.29, 1.82) is 0 Å². The number of nitrogens with two attached hydrogens (primary N) is 2. The lowest BCUT2D eigenvalue weighted by Crippen LogP contribution is -2.39. The Morgan fingerprint density at radius 2 is 1.05 bits per heavy atom. The lowest BCUT2D eigenvalue weighted by Gasteiger charge is -2.39. The van der Waals surface area contributed by atoms with Crippen LogP contribution in [0, 0.1) is 5.92 Å². The van der Waals surface area contributed by atoms with Gasteiger partial charge in [-0.15, -0.1) is 0 Å². The van der Waals surface area contributed by atoms with Gasteiger partial charge in [0.15, 0.2) is 0 Å². The zero-order chi connectivity index (χ0) is 26.1. The van der Waals surface area contributed by atoms with E-state index in [1.165, 1.54) is 0 Å². The van der Waals surface area contributed by atoms with Gasteiger partial charge >= 0.3 is 8.84 Å². The number of rotatable bonds is 12. The van der Waals surface area contributed by atoms with Crippen LogP contribution in [0.25, 0.3) is 0 Å². The first-order chi connectivity index (χ1) is 18.0. The first-order valence-corrected chi connectivity index (χ1v) is 14.3. The number of primary amides is 1. The maximum atomic E-state index is 13.1. The predicted octanol–water partition coefficient (Wildman–Crippen LogP) is 5.59. The van der Waals surface area contributed by atoms with E-state index in [1.54, 1.807) is 0 Å². The number of carbonyl (C=O) groups is 1. The normalized spacial score (nSPS) is 13.0. The quantitative estimate of drug-likeness (QED) is 0.246. The zero-order valence-corrected chi connectivity index (χ0v) is 22.0. The second-order valence-electron chi connectivity index (χ2n) is 9.80. The summed E-state index contributed by atoms with van der Waals surface area (Å²) >= 11 is 0. The first-order valence-electron chi connectivity index (χ1n) is 12.8. The molecule has 4 aromatic rings. The van der Waals surface area contributed by atoms with Gasteiger partial charge in [0.25, 0.3) is 0 Å². The minimum absolute atomic E-state index is 0.252. The summed E-state index contributed by atoms with van der Waals surface area (Å²) in [5.74, 6) is -0.750. The van der Waals surface area contributed by atoms with Crippen molar-refractivity contribution in [2.45, 2.75) is 36.6 Å². The Morgan fingerprint density at radius 1 is 0.649 bits per heavy atom. The molecule has 0 saturated carbocycles. The number of benzene rings is 4. The van der Waals surface area contributed by atoms with Crippen LogP contribution in [0.5, 0.6) is 0 Å². The van der Waals surface area contributed by atoms with Crippen LogP contribution in [-0.2, 0) is 27.5 Å². The molecular formula is C32H34N2O2Si. The molecule has 0 aliphatic rings. The average molecular weight is 507 g/mol. The van der Waals surface area contributed by atoms with Gasteiger partial charge in [-0.1, -0.05) is 121 Å². The molecule has 5 heteroatoms. The average Bonchev–Trinajstić information content (AvgIpc) is 2.93. The van der Waals surface area contributed by atoms with Gasteiger partial charge in [0.05, 0.1) is 0 Å². The minimum Gasteiger partial charge on any atom is -0.403 e. The third kappa shape index (κ3) is 6.69. The maximum absolute atomic E-state index is 13.1. The van der Waals surface area contributed by atoms with Crippen molar-refractivity contribution in [2.24, 2.45) is 17.1 Å². The van der Waals surface area contributed by atoms with Crippen LogP contribution in [0.2, 0.25) is 5.54 Å². The highest BCUT2D eigenvalue weighted by Gasteiger charge is 2.41. The summed E-state index contributed by atoms with van der Waals surface area (Å²) in [4.78, 5) is 12.9. The fraction of sp³-hybridized carbons (Fsp3) is 0.219. The van der Waals surface area contributed by atoms with Gasteiger partial charge in [-0.05, 0) is 47.9 Å². The van der Waals surface area contributed by atoms with E-state index in [9.17, 15) is 9.26 Å². The Hall–Kier alpha value is -3.83. The molecule has 0 spiro atoms. The van der Waals surface area contributed by atoms with Gasteiger partial charge in [-0.3, -0.25) is 4.79 Å². The maximum Gasteiger partial charge on any atom is 0.393 e. The van der Waals surface area contributed by atoms with Crippen LogP contribution in [-0.4, -0.2) is 14.8 Å². The Balaban J connectivity index is 1.82. The second-order valence-corrected chi connectivity index (χ2v) is 11.4. The third-order valence-corrected chi connectivity index (χ3v) is 8.51. The Morgan fingerprint density at radius 3 is 1.46 bits per heavy atom. The van der Waals surface area contributed by atoms with Crippen molar-refractivity contribution in [3.63, 3.8) is 0 Å². The molecular weight excluding hydrogens is 472 g/mol. The molecule has 2 atom stereocenters. The molecule has 1 amide bonds. The molecule has 188 valence electrons. The van der Waals surface area contributed by atoms with Crippen molar-refractivity contribution >= 4 is 14.8 Å². The summed E-state index contributed by atoms with van der Waals surface area (Å²) in [6.07, 6.45) is 2.18. The topological polar surface area (TPSA) is 86.2 Å². The molecule has 0 unspecified atom stereocenters. The van der Waals surface area contributed by atoms with E-state index in [0.29, 0.717) is 25.7 Å². The van der Waals surface area contributed by atoms with Gasteiger partial charge in [0, 0.05) is 16.9 Å². The highest BCUT2D eigenvalue weighted by molar-refractivity contribution is 6.40. The predicted molar refractivity (Wildman–Crippen MR) is 150 cm³/mol. The van der Waals surface area contributed by atoms with E-state index >= 15 is 0 Å². The van der Waals surface area contributed by atoms with E-state index in [2.05, 4.69) is 24.3 Å². The van der Waals surface area contributed by atoms with Crippen LogP contribution in [0.3, 0.4) is 0 Å². The van der Waals surface area contributed by atoms with Crippen molar-refractivity contribution in [3.8, 4) is 0 Å². The molecule has 4 nitrogen and oxygen atoms in total. The second kappa shape index (κ2) is 12.4. The van der Waals surface area contributed by atoms with Crippen molar-refractivity contribution < 1.29 is 9.26 Å². The fourth-order valence-electron chi connectivity index (χ4n) is 5.42. The summed E-state index contributed by atoms with van der Waals surface area (Å²) in [5, 5.41) is 6.22. The summed E-state index contributed by atoms with van der Waals surface area (Å²) < 4.78 is 13.1.